The van der Waals surface area contributed by atoms with Gasteiger partial charge in [0.15, 0.2) is 0 Å². The predicted molar refractivity (Wildman–Crippen MR) is 36.7 cm³/mol. The predicted octanol–water partition coefficient (Wildman–Crippen LogP) is -0.869. The molecule has 0 aliphatic rings. The molecule has 0 unspecified atom stereocenters. The molecule has 3 nitrogen and oxygen atoms in total. The lowest BCUT2D eigenvalue weighted by molar-refractivity contribution is 0.427. The zero-order valence-electron chi connectivity index (χ0n) is 4.90. The van der Waals surface area contributed by atoms with E-state index < -0.39 is 7.12 Å². The lowest BCUT2D eigenvalue weighted by atomic mass is 9.89. The van der Waals surface area contributed by atoms with E-state index in [1.165, 1.54) is 0 Å². The maximum absolute atomic E-state index is 8.56. The molecule has 1 rings (SSSR count). The fraction of sp³-hybridized carbons (Fsp3) is 0.250. The molecule has 5 heteroatoms. The van der Waals surface area contributed by atoms with E-state index in [0.717, 1.165) is 17.2 Å². The summed E-state index contributed by atoms with van der Waals surface area (Å²) in [4.78, 5) is 0. The number of rotatable bonds is 1. The Morgan fingerprint density at radius 1 is 1.67 bits per heavy atom. The van der Waals surface area contributed by atoms with Crippen molar-refractivity contribution >= 4 is 23.4 Å². The van der Waals surface area contributed by atoms with Gasteiger partial charge in [-0.05, 0) is 24.5 Å². The first kappa shape index (κ1) is 6.73. The zero-order valence-corrected chi connectivity index (χ0v) is 5.72. The van der Waals surface area contributed by atoms with Crippen LogP contribution in [0.2, 0.25) is 0 Å². The van der Waals surface area contributed by atoms with E-state index >= 15 is 0 Å². The molecule has 9 heavy (non-hydrogen) atoms. The van der Waals surface area contributed by atoms with E-state index in [4.69, 9.17) is 10.0 Å². The van der Waals surface area contributed by atoms with Crippen molar-refractivity contribution in [1.82, 2.24) is 4.37 Å². The Morgan fingerprint density at radius 3 is 2.56 bits per heavy atom. The van der Waals surface area contributed by atoms with Gasteiger partial charge in [-0.2, -0.15) is 4.37 Å². The molecule has 0 saturated heterocycles. The molecule has 0 aliphatic heterocycles. The molecule has 0 bridgehead atoms. The summed E-state index contributed by atoms with van der Waals surface area (Å²) in [5, 5.41) is 17.1. The molecule has 48 valence electrons. The Balaban J connectivity index is 2.85. The van der Waals surface area contributed by atoms with Gasteiger partial charge >= 0.3 is 7.12 Å². The van der Waals surface area contributed by atoms with Crippen molar-refractivity contribution in [2.45, 2.75) is 6.92 Å². The largest absolute Gasteiger partial charge is 0.500 e. The number of aromatic nitrogens is 1. The minimum atomic E-state index is -1.36. The summed E-state index contributed by atoms with van der Waals surface area (Å²) in [7, 11) is -1.36. The minimum Gasteiger partial charge on any atom is -0.423 e. The summed E-state index contributed by atoms with van der Waals surface area (Å²) in [6.45, 7) is 1.81. The van der Waals surface area contributed by atoms with E-state index in [9.17, 15) is 0 Å². The van der Waals surface area contributed by atoms with Gasteiger partial charge in [0, 0.05) is 0 Å². The van der Waals surface area contributed by atoms with Crippen LogP contribution < -0.4 is 4.78 Å². The monoisotopic (exact) mass is 143 g/mol. The fourth-order valence-corrected chi connectivity index (χ4v) is 1.12. The molecule has 0 spiro atoms. The molecule has 1 aromatic rings. The highest BCUT2D eigenvalue weighted by Crippen LogP contribution is 1.94. The highest BCUT2D eigenvalue weighted by atomic mass is 32.1. The summed E-state index contributed by atoms with van der Waals surface area (Å²) >= 11 is 1.11. The lowest BCUT2D eigenvalue weighted by Gasteiger charge is -1.86. The average molecular weight is 143 g/mol. The molecule has 0 amide bonds. The number of hydrogen-bond donors (Lipinski definition) is 2. The molecule has 1 heterocycles. The average Bonchev–Trinajstić information content (AvgIpc) is 2.14. The van der Waals surface area contributed by atoms with Gasteiger partial charge in [0.25, 0.3) is 0 Å². The van der Waals surface area contributed by atoms with Crippen LogP contribution >= 0.6 is 11.5 Å². The van der Waals surface area contributed by atoms with Crippen molar-refractivity contribution in [3.63, 3.8) is 0 Å². The van der Waals surface area contributed by atoms with Crippen molar-refractivity contribution in [3.05, 3.63) is 11.8 Å². The normalized spacial score (nSPS) is 9.67. The molecular weight excluding hydrogens is 137 g/mol. The van der Waals surface area contributed by atoms with E-state index in [0.29, 0.717) is 4.78 Å². The maximum atomic E-state index is 8.56. The zero-order chi connectivity index (χ0) is 6.85. The van der Waals surface area contributed by atoms with E-state index in [1.54, 1.807) is 6.07 Å². The lowest BCUT2D eigenvalue weighted by Crippen LogP contribution is -2.26. The first-order valence-electron chi connectivity index (χ1n) is 2.49. The van der Waals surface area contributed by atoms with Crippen LogP contribution in [0.25, 0.3) is 0 Å². The highest BCUT2D eigenvalue weighted by molar-refractivity contribution is 7.17. The Morgan fingerprint density at radius 2 is 2.33 bits per heavy atom. The van der Waals surface area contributed by atoms with Gasteiger partial charge in [-0.1, -0.05) is 0 Å². The SMILES string of the molecule is Cc1cc(B(O)O)sn1. The molecule has 0 radical (unpaired) electrons. The number of aryl methyl sites for hydroxylation is 1. The Hall–Kier alpha value is -0.385. The maximum Gasteiger partial charge on any atom is 0.500 e. The number of nitrogens with zero attached hydrogens (tertiary/aromatic N) is 1. The summed E-state index contributed by atoms with van der Waals surface area (Å²) in [5.74, 6) is 0. The molecule has 0 fully saturated rings. The van der Waals surface area contributed by atoms with Crippen molar-refractivity contribution < 1.29 is 10.0 Å². The van der Waals surface area contributed by atoms with Gasteiger partial charge in [0.1, 0.15) is 0 Å². The van der Waals surface area contributed by atoms with E-state index in [-0.39, 0.29) is 0 Å². The second-order valence-electron chi connectivity index (χ2n) is 1.74. The highest BCUT2D eigenvalue weighted by Gasteiger charge is 2.12. The van der Waals surface area contributed by atoms with Crippen molar-refractivity contribution in [1.29, 1.82) is 0 Å². The van der Waals surface area contributed by atoms with Crippen LogP contribution in [0.15, 0.2) is 6.07 Å². The topological polar surface area (TPSA) is 53.4 Å². The Bertz CT molecular complexity index is 200. The summed E-state index contributed by atoms with van der Waals surface area (Å²) in [5.41, 5.74) is 0.822. The van der Waals surface area contributed by atoms with Crippen LogP contribution in [0.3, 0.4) is 0 Å². The van der Waals surface area contributed by atoms with Crippen LogP contribution in [0.5, 0.6) is 0 Å². The van der Waals surface area contributed by atoms with Crippen molar-refractivity contribution in [3.8, 4) is 0 Å². The van der Waals surface area contributed by atoms with E-state index in [2.05, 4.69) is 4.37 Å². The smallest absolute Gasteiger partial charge is 0.423 e. The molecule has 0 saturated carbocycles. The second kappa shape index (κ2) is 2.47. The summed E-state index contributed by atoms with van der Waals surface area (Å²) in [6.07, 6.45) is 0. The van der Waals surface area contributed by atoms with Gasteiger partial charge in [-0.15, -0.1) is 0 Å². The molecule has 1 aromatic heterocycles. The molecule has 0 atom stereocenters. The fourth-order valence-electron chi connectivity index (χ4n) is 0.505. The molecule has 2 N–H and O–H groups in total. The van der Waals surface area contributed by atoms with Gasteiger partial charge in [-0.3, -0.25) is 0 Å². The quantitative estimate of drug-likeness (QED) is 0.502. The Labute approximate surface area is 57.3 Å². The van der Waals surface area contributed by atoms with Crippen LogP contribution in [0.4, 0.5) is 0 Å². The third-order valence-electron chi connectivity index (χ3n) is 0.901. The van der Waals surface area contributed by atoms with Crippen molar-refractivity contribution in [2.24, 2.45) is 0 Å². The first-order chi connectivity index (χ1) is 4.20. The van der Waals surface area contributed by atoms with Gasteiger partial charge < -0.3 is 10.0 Å². The minimum absolute atomic E-state index is 0.493. The van der Waals surface area contributed by atoms with Gasteiger partial charge in [0.2, 0.25) is 0 Å². The van der Waals surface area contributed by atoms with E-state index in [1.807, 2.05) is 6.92 Å². The van der Waals surface area contributed by atoms with Crippen LogP contribution in [0, 0.1) is 6.92 Å². The van der Waals surface area contributed by atoms with Gasteiger partial charge in [0.05, 0.1) is 10.5 Å². The molecule has 0 aliphatic carbocycles. The molecular formula is C4H6BNO2S. The van der Waals surface area contributed by atoms with Crippen LogP contribution in [-0.2, 0) is 0 Å². The third kappa shape index (κ3) is 1.51. The molecule has 0 aromatic carbocycles. The van der Waals surface area contributed by atoms with Crippen molar-refractivity contribution in [2.75, 3.05) is 0 Å². The second-order valence-corrected chi connectivity index (χ2v) is 2.58. The van der Waals surface area contributed by atoms with Crippen LogP contribution in [-0.4, -0.2) is 21.5 Å². The first-order valence-corrected chi connectivity index (χ1v) is 3.27. The third-order valence-corrected chi connectivity index (χ3v) is 1.82. The Kier molecular flexibility index (Phi) is 1.85. The summed E-state index contributed by atoms with van der Waals surface area (Å²) in [6, 6.07) is 1.65. The number of hydrogen-bond acceptors (Lipinski definition) is 4. The standard InChI is InChI=1S/C4H6BNO2S/c1-3-2-4(5(7)8)9-6-3/h2,7-8H,1H3. The summed E-state index contributed by atoms with van der Waals surface area (Å²) < 4.78 is 4.35. The van der Waals surface area contributed by atoms with Crippen LogP contribution in [0.1, 0.15) is 5.69 Å². The van der Waals surface area contributed by atoms with Gasteiger partial charge in [-0.25, -0.2) is 0 Å².